The lowest BCUT2D eigenvalue weighted by atomic mass is 10.0. The van der Waals surface area contributed by atoms with Gasteiger partial charge in [-0.15, -0.1) is 0 Å². The van der Waals surface area contributed by atoms with Gasteiger partial charge in [0.15, 0.2) is 9.84 Å². The van der Waals surface area contributed by atoms with Crippen LogP contribution in [0.4, 0.5) is 10.1 Å². The van der Waals surface area contributed by atoms with Crippen LogP contribution in [0.15, 0.2) is 77.8 Å². The Morgan fingerprint density at radius 2 is 1.83 bits per heavy atom. The number of anilines is 1. The first kappa shape index (κ1) is 23.1. The highest BCUT2D eigenvalue weighted by atomic mass is 32.2. The number of sulfone groups is 1. The molecule has 3 aromatic carbocycles. The van der Waals surface area contributed by atoms with Crippen molar-refractivity contribution in [2.24, 2.45) is 0 Å². The van der Waals surface area contributed by atoms with Crippen molar-refractivity contribution in [3.8, 4) is 16.9 Å². The highest BCUT2D eigenvalue weighted by Crippen LogP contribution is 2.35. The SMILES string of the molecule is COc1ccc2c(ccn2C2CCCN(c3ccc(-c4ccccc4S(C)(=O)=O)cc3F)C2=O)c1. The molecule has 0 radical (unpaired) electrons. The number of methoxy groups -OCH3 is 1. The summed E-state index contributed by atoms with van der Waals surface area (Å²) in [5, 5.41) is 0.967. The average Bonchev–Trinajstić information content (AvgIpc) is 3.27. The van der Waals surface area contributed by atoms with Crippen molar-refractivity contribution in [3.63, 3.8) is 0 Å². The number of benzene rings is 3. The van der Waals surface area contributed by atoms with Crippen LogP contribution in [0.5, 0.6) is 5.75 Å². The predicted octanol–water partition coefficient (Wildman–Crippen LogP) is 5.23. The maximum absolute atomic E-state index is 15.4. The van der Waals surface area contributed by atoms with E-state index in [0.717, 1.165) is 29.3 Å². The van der Waals surface area contributed by atoms with Gasteiger partial charge >= 0.3 is 0 Å². The van der Waals surface area contributed by atoms with Gasteiger partial charge in [-0.2, -0.15) is 0 Å². The Bertz CT molecular complexity index is 1540. The second kappa shape index (κ2) is 8.85. The largest absolute Gasteiger partial charge is 0.497 e. The van der Waals surface area contributed by atoms with Crippen molar-refractivity contribution in [2.45, 2.75) is 23.8 Å². The summed E-state index contributed by atoms with van der Waals surface area (Å²) < 4.78 is 47.0. The minimum Gasteiger partial charge on any atom is -0.497 e. The molecule has 0 saturated carbocycles. The van der Waals surface area contributed by atoms with Gasteiger partial charge in [-0.3, -0.25) is 4.79 Å². The van der Waals surface area contributed by atoms with Crippen LogP contribution in [0.1, 0.15) is 18.9 Å². The van der Waals surface area contributed by atoms with Crippen molar-refractivity contribution < 1.29 is 22.3 Å². The van der Waals surface area contributed by atoms with Crippen LogP contribution in [0.3, 0.4) is 0 Å². The molecule has 1 saturated heterocycles. The zero-order chi connectivity index (χ0) is 24.7. The zero-order valence-electron chi connectivity index (χ0n) is 19.4. The van der Waals surface area contributed by atoms with Crippen LogP contribution in [-0.4, -0.2) is 38.8 Å². The number of nitrogens with zero attached hydrogens (tertiary/aromatic N) is 2. The standard InChI is InChI=1S/C27H25FN2O4S/c1-34-20-10-12-23-19(16-20)13-15-29(23)25-7-5-14-30(27(25)31)24-11-9-18(17-22(24)28)21-6-3-4-8-26(21)35(2,32)33/h3-4,6,8-13,15-17,25H,5,7,14H2,1-2H3. The molecule has 6 nitrogen and oxygen atoms in total. The third kappa shape index (κ3) is 4.18. The lowest BCUT2D eigenvalue weighted by Gasteiger charge is -2.33. The molecular weight excluding hydrogens is 467 g/mol. The number of aromatic nitrogens is 1. The molecule has 1 fully saturated rings. The summed E-state index contributed by atoms with van der Waals surface area (Å²) >= 11 is 0. The molecule has 1 atom stereocenters. The molecule has 0 spiro atoms. The molecule has 4 aromatic rings. The van der Waals surface area contributed by atoms with Gasteiger partial charge in [0.25, 0.3) is 0 Å². The summed E-state index contributed by atoms with van der Waals surface area (Å²) in [5.41, 5.74) is 1.98. The van der Waals surface area contributed by atoms with Gasteiger partial charge in [0.05, 0.1) is 17.7 Å². The fourth-order valence-corrected chi connectivity index (χ4v) is 5.73. The highest BCUT2D eigenvalue weighted by Gasteiger charge is 2.33. The number of piperidine rings is 1. The predicted molar refractivity (Wildman–Crippen MR) is 134 cm³/mol. The van der Waals surface area contributed by atoms with Crippen LogP contribution < -0.4 is 9.64 Å². The molecule has 0 bridgehead atoms. The monoisotopic (exact) mass is 492 g/mol. The number of hydrogen-bond donors (Lipinski definition) is 0. The van der Waals surface area contributed by atoms with Crippen molar-refractivity contribution in [1.29, 1.82) is 0 Å². The molecule has 1 aliphatic heterocycles. The van der Waals surface area contributed by atoms with E-state index in [2.05, 4.69) is 0 Å². The van der Waals surface area contributed by atoms with E-state index in [4.69, 9.17) is 4.74 Å². The molecule has 35 heavy (non-hydrogen) atoms. The Balaban J connectivity index is 1.48. The smallest absolute Gasteiger partial charge is 0.250 e. The number of carbonyl (C=O) groups is 1. The van der Waals surface area contributed by atoms with Gasteiger partial charge < -0.3 is 14.2 Å². The summed E-state index contributed by atoms with van der Waals surface area (Å²) in [6, 6.07) is 18.2. The van der Waals surface area contributed by atoms with Crippen molar-refractivity contribution in [3.05, 3.63) is 78.7 Å². The van der Waals surface area contributed by atoms with Gasteiger partial charge in [0.1, 0.15) is 17.6 Å². The number of rotatable bonds is 5. The number of amides is 1. The van der Waals surface area contributed by atoms with E-state index in [1.807, 2.05) is 35.0 Å². The summed E-state index contributed by atoms with van der Waals surface area (Å²) in [6.45, 7) is 0.415. The van der Waals surface area contributed by atoms with E-state index in [-0.39, 0.29) is 16.5 Å². The second-order valence-corrected chi connectivity index (χ2v) is 10.7. The minimum atomic E-state index is -3.49. The Morgan fingerprint density at radius 1 is 1.03 bits per heavy atom. The second-order valence-electron chi connectivity index (χ2n) is 8.73. The fraction of sp³-hybridized carbons (Fsp3) is 0.222. The maximum Gasteiger partial charge on any atom is 0.250 e. The first-order valence-corrected chi connectivity index (χ1v) is 13.2. The quantitative estimate of drug-likeness (QED) is 0.383. The third-order valence-corrected chi connectivity index (χ3v) is 7.66. The van der Waals surface area contributed by atoms with Crippen LogP contribution >= 0.6 is 0 Å². The van der Waals surface area contributed by atoms with Gasteiger partial charge in [-0.05, 0) is 60.9 Å². The van der Waals surface area contributed by atoms with Gasteiger partial charge in [-0.25, -0.2) is 12.8 Å². The number of halogens is 1. The Labute approximate surface area is 203 Å². The lowest BCUT2D eigenvalue weighted by Crippen LogP contribution is -2.42. The molecule has 0 N–H and O–H groups in total. The maximum atomic E-state index is 15.4. The molecule has 2 heterocycles. The van der Waals surface area contributed by atoms with E-state index in [1.165, 1.54) is 17.0 Å². The number of carbonyl (C=O) groups excluding carboxylic acids is 1. The van der Waals surface area contributed by atoms with E-state index in [0.29, 0.717) is 24.1 Å². The topological polar surface area (TPSA) is 68.6 Å². The van der Waals surface area contributed by atoms with Crippen LogP contribution in [0.2, 0.25) is 0 Å². The normalized spacial score (nSPS) is 16.6. The molecule has 180 valence electrons. The van der Waals surface area contributed by atoms with E-state index in [1.54, 1.807) is 37.4 Å². The van der Waals surface area contributed by atoms with Crippen LogP contribution in [-0.2, 0) is 14.6 Å². The van der Waals surface area contributed by atoms with Gasteiger partial charge in [0.2, 0.25) is 5.91 Å². The summed E-state index contributed by atoms with van der Waals surface area (Å²) in [7, 11) is -1.87. The molecule has 8 heteroatoms. The van der Waals surface area contributed by atoms with Crippen LogP contribution in [0.25, 0.3) is 22.0 Å². The van der Waals surface area contributed by atoms with Crippen molar-refractivity contribution in [1.82, 2.24) is 4.57 Å². The molecule has 0 aliphatic carbocycles. The van der Waals surface area contributed by atoms with Gasteiger partial charge in [-0.1, -0.05) is 24.3 Å². The summed E-state index contributed by atoms with van der Waals surface area (Å²) in [6.07, 6.45) is 4.40. The number of ether oxygens (including phenoxy) is 1. The Morgan fingerprint density at radius 3 is 2.57 bits per heavy atom. The van der Waals surface area contributed by atoms with E-state index < -0.39 is 21.7 Å². The Hall–Kier alpha value is -3.65. The summed E-state index contributed by atoms with van der Waals surface area (Å²) in [5.74, 6) is 0.00103. The lowest BCUT2D eigenvalue weighted by molar-refractivity contribution is -0.123. The zero-order valence-corrected chi connectivity index (χ0v) is 20.3. The highest BCUT2D eigenvalue weighted by molar-refractivity contribution is 7.90. The van der Waals surface area contributed by atoms with Crippen LogP contribution in [0, 0.1) is 5.82 Å². The summed E-state index contributed by atoms with van der Waals surface area (Å²) in [4.78, 5) is 15.1. The Kier molecular flexibility index (Phi) is 5.84. The third-order valence-electron chi connectivity index (χ3n) is 6.51. The van der Waals surface area contributed by atoms with E-state index >= 15 is 4.39 Å². The van der Waals surface area contributed by atoms with Crippen molar-refractivity contribution in [2.75, 3.05) is 24.8 Å². The first-order valence-electron chi connectivity index (χ1n) is 11.3. The number of fused-ring (bicyclic) bond motifs is 1. The molecule has 1 unspecified atom stereocenters. The number of hydrogen-bond acceptors (Lipinski definition) is 4. The molecule has 1 amide bonds. The average molecular weight is 493 g/mol. The molecule has 1 aliphatic rings. The minimum absolute atomic E-state index is 0.136. The molecule has 5 rings (SSSR count). The first-order chi connectivity index (χ1) is 16.8. The van der Waals surface area contributed by atoms with E-state index in [9.17, 15) is 13.2 Å². The van der Waals surface area contributed by atoms with Crippen molar-refractivity contribution >= 4 is 32.3 Å². The molecule has 1 aromatic heterocycles. The van der Waals surface area contributed by atoms with Gasteiger partial charge in [0, 0.05) is 35.5 Å². The molecular formula is C27H25FN2O4S. The fourth-order valence-electron chi connectivity index (χ4n) is 4.82.